The zero-order valence-electron chi connectivity index (χ0n) is 12.7. The third kappa shape index (κ3) is 2.80. The fraction of sp³-hybridized carbons (Fsp3) is 0.647. The fourth-order valence-electron chi connectivity index (χ4n) is 3.86. The zero-order chi connectivity index (χ0) is 14.9. The molecule has 4 nitrogen and oxygen atoms in total. The summed E-state index contributed by atoms with van der Waals surface area (Å²) in [5, 5.41) is 19.7. The molecule has 2 aliphatic rings. The summed E-state index contributed by atoms with van der Waals surface area (Å²) in [4.78, 5) is 2.40. The Morgan fingerprint density at radius 3 is 2.71 bits per heavy atom. The first-order chi connectivity index (χ1) is 10.1. The average molecular weight is 291 g/mol. The maximum atomic E-state index is 10.2. The molecule has 4 heteroatoms. The lowest BCUT2D eigenvalue weighted by atomic mass is 9.58. The van der Waals surface area contributed by atoms with Crippen LogP contribution in [0.3, 0.4) is 0 Å². The topological polar surface area (TPSA) is 52.9 Å². The van der Waals surface area contributed by atoms with Gasteiger partial charge in [0.05, 0.1) is 12.2 Å². The highest BCUT2D eigenvalue weighted by molar-refractivity contribution is 5.27. The van der Waals surface area contributed by atoms with Crippen LogP contribution in [0.25, 0.3) is 0 Å². The van der Waals surface area contributed by atoms with Crippen molar-refractivity contribution in [2.24, 2.45) is 5.41 Å². The van der Waals surface area contributed by atoms with E-state index in [1.807, 2.05) is 25.1 Å². The fourth-order valence-corrected chi connectivity index (χ4v) is 3.86. The van der Waals surface area contributed by atoms with Gasteiger partial charge in [-0.1, -0.05) is 12.1 Å². The molecule has 1 aliphatic carbocycles. The van der Waals surface area contributed by atoms with E-state index in [4.69, 9.17) is 4.74 Å². The van der Waals surface area contributed by atoms with Crippen LogP contribution in [0.4, 0.5) is 0 Å². The number of aliphatic hydroxyl groups excluding tert-OH is 1. The Morgan fingerprint density at radius 1 is 1.33 bits per heavy atom. The standard InChI is InChI=1S/C17H25NO3/c1-2-21-16-11-15(20)17(16)6-8-18(9-7-17)12-13-4-3-5-14(19)10-13/h3-5,10,15-16,19-20H,2,6-9,11-12H2,1H3. The molecule has 2 unspecified atom stereocenters. The second-order valence-electron chi connectivity index (χ2n) is 6.37. The van der Waals surface area contributed by atoms with E-state index in [0.29, 0.717) is 5.75 Å². The van der Waals surface area contributed by atoms with E-state index in [1.54, 1.807) is 6.07 Å². The molecule has 2 N–H and O–H groups in total. The molecule has 1 saturated heterocycles. The highest BCUT2D eigenvalue weighted by Gasteiger charge is 2.55. The number of aromatic hydroxyl groups is 1. The van der Waals surface area contributed by atoms with Crippen LogP contribution in [0, 0.1) is 5.41 Å². The van der Waals surface area contributed by atoms with Gasteiger partial charge in [-0.2, -0.15) is 0 Å². The van der Waals surface area contributed by atoms with Crippen molar-refractivity contribution in [3.8, 4) is 5.75 Å². The Kier molecular flexibility index (Phi) is 4.20. The predicted molar refractivity (Wildman–Crippen MR) is 81.1 cm³/mol. The van der Waals surface area contributed by atoms with Crippen LogP contribution < -0.4 is 0 Å². The van der Waals surface area contributed by atoms with E-state index in [9.17, 15) is 10.2 Å². The quantitative estimate of drug-likeness (QED) is 0.892. The number of benzene rings is 1. The van der Waals surface area contributed by atoms with Crippen molar-refractivity contribution < 1.29 is 14.9 Å². The van der Waals surface area contributed by atoms with Crippen LogP contribution in [-0.2, 0) is 11.3 Å². The summed E-state index contributed by atoms with van der Waals surface area (Å²) in [6.45, 7) is 5.58. The number of rotatable bonds is 4. The summed E-state index contributed by atoms with van der Waals surface area (Å²) >= 11 is 0. The molecule has 3 rings (SSSR count). The van der Waals surface area contributed by atoms with Crippen LogP contribution in [0.2, 0.25) is 0 Å². The van der Waals surface area contributed by atoms with Crippen molar-refractivity contribution in [2.75, 3.05) is 19.7 Å². The van der Waals surface area contributed by atoms with E-state index in [0.717, 1.165) is 51.1 Å². The lowest BCUT2D eigenvalue weighted by Gasteiger charge is -2.56. The molecule has 1 saturated carbocycles. The van der Waals surface area contributed by atoms with Gasteiger partial charge in [-0.05, 0) is 50.6 Å². The lowest BCUT2D eigenvalue weighted by Crippen LogP contribution is -2.62. The molecular formula is C17H25NO3. The summed E-state index contributed by atoms with van der Waals surface area (Å²) in [6, 6.07) is 7.46. The number of nitrogens with zero attached hydrogens (tertiary/aromatic N) is 1. The van der Waals surface area contributed by atoms with E-state index in [1.165, 1.54) is 0 Å². The SMILES string of the molecule is CCOC1CC(O)C12CCN(Cc1cccc(O)c1)CC2. The van der Waals surface area contributed by atoms with Crippen LogP contribution in [0.1, 0.15) is 31.7 Å². The number of hydrogen-bond acceptors (Lipinski definition) is 4. The molecule has 1 spiro atoms. The first-order valence-corrected chi connectivity index (χ1v) is 7.94. The molecule has 2 atom stereocenters. The number of aliphatic hydroxyl groups is 1. The summed E-state index contributed by atoms with van der Waals surface area (Å²) in [5.74, 6) is 0.326. The minimum atomic E-state index is -0.197. The molecule has 21 heavy (non-hydrogen) atoms. The average Bonchev–Trinajstić information content (AvgIpc) is 2.48. The third-order valence-corrected chi connectivity index (χ3v) is 5.21. The van der Waals surface area contributed by atoms with Gasteiger partial charge in [0.1, 0.15) is 5.75 Å². The third-order valence-electron chi connectivity index (χ3n) is 5.21. The highest BCUT2D eigenvalue weighted by Crippen LogP contribution is 2.51. The van der Waals surface area contributed by atoms with Gasteiger partial charge in [0.15, 0.2) is 0 Å². The second kappa shape index (κ2) is 5.95. The summed E-state index contributed by atoms with van der Waals surface area (Å²) in [7, 11) is 0. The lowest BCUT2D eigenvalue weighted by molar-refractivity contribution is -0.209. The van der Waals surface area contributed by atoms with Gasteiger partial charge in [-0.25, -0.2) is 0 Å². The zero-order valence-corrected chi connectivity index (χ0v) is 12.7. The normalized spacial score (nSPS) is 28.5. The molecule has 1 heterocycles. The number of piperidine rings is 1. The van der Waals surface area contributed by atoms with Crippen LogP contribution in [0.15, 0.2) is 24.3 Å². The van der Waals surface area contributed by atoms with Gasteiger partial charge < -0.3 is 14.9 Å². The molecule has 116 valence electrons. The number of phenolic OH excluding ortho intramolecular Hbond substituents is 1. The summed E-state index contributed by atoms with van der Waals surface area (Å²) in [5.41, 5.74) is 1.13. The Hall–Kier alpha value is -1.10. The maximum Gasteiger partial charge on any atom is 0.115 e. The summed E-state index contributed by atoms with van der Waals surface area (Å²) in [6.07, 6.45) is 2.83. The second-order valence-corrected chi connectivity index (χ2v) is 6.37. The largest absolute Gasteiger partial charge is 0.508 e. The van der Waals surface area contributed by atoms with Crippen molar-refractivity contribution in [2.45, 2.75) is 44.9 Å². The van der Waals surface area contributed by atoms with Crippen molar-refractivity contribution >= 4 is 0 Å². The Bertz CT molecular complexity index is 481. The van der Waals surface area contributed by atoms with E-state index < -0.39 is 0 Å². The van der Waals surface area contributed by atoms with Crippen LogP contribution in [-0.4, -0.2) is 47.0 Å². The van der Waals surface area contributed by atoms with E-state index in [-0.39, 0.29) is 17.6 Å². The first kappa shape index (κ1) is 14.8. The molecule has 0 radical (unpaired) electrons. The Balaban J connectivity index is 1.57. The molecule has 1 aromatic carbocycles. The molecule has 2 fully saturated rings. The van der Waals surface area contributed by atoms with Crippen molar-refractivity contribution in [3.05, 3.63) is 29.8 Å². The monoisotopic (exact) mass is 291 g/mol. The minimum Gasteiger partial charge on any atom is -0.508 e. The van der Waals surface area contributed by atoms with Gasteiger partial charge in [0.25, 0.3) is 0 Å². The molecule has 0 aromatic heterocycles. The predicted octanol–water partition coefficient (Wildman–Crippen LogP) is 2.14. The first-order valence-electron chi connectivity index (χ1n) is 7.94. The van der Waals surface area contributed by atoms with Gasteiger partial charge in [0.2, 0.25) is 0 Å². The molecular weight excluding hydrogens is 266 g/mol. The Labute approximate surface area is 126 Å². The van der Waals surface area contributed by atoms with E-state index in [2.05, 4.69) is 4.90 Å². The summed E-state index contributed by atoms with van der Waals surface area (Å²) < 4.78 is 5.80. The van der Waals surface area contributed by atoms with Crippen molar-refractivity contribution in [1.29, 1.82) is 0 Å². The maximum absolute atomic E-state index is 10.2. The van der Waals surface area contributed by atoms with Gasteiger partial charge in [-0.15, -0.1) is 0 Å². The van der Waals surface area contributed by atoms with E-state index >= 15 is 0 Å². The molecule has 1 aliphatic heterocycles. The van der Waals surface area contributed by atoms with Crippen LogP contribution in [0.5, 0.6) is 5.75 Å². The van der Waals surface area contributed by atoms with Crippen molar-refractivity contribution in [3.63, 3.8) is 0 Å². The number of likely N-dealkylation sites (tertiary alicyclic amines) is 1. The van der Waals surface area contributed by atoms with Crippen molar-refractivity contribution in [1.82, 2.24) is 4.90 Å². The Morgan fingerprint density at radius 2 is 2.10 bits per heavy atom. The smallest absolute Gasteiger partial charge is 0.115 e. The van der Waals surface area contributed by atoms with Crippen LogP contribution >= 0.6 is 0 Å². The van der Waals surface area contributed by atoms with Gasteiger partial charge >= 0.3 is 0 Å². The highest BCUT2D eigenvalue weighted by atomic mass is 16.5. The molecule has 0 amide bonds. The number of phenols is 1. The number of ether oxygens (including phenoxy) is 1. The molecule has 1 aromatic rings. The van der Waals surface area contributed by atoms with Gasteiger partial charge in [0, 0.05) is 25.0 Å². The van der Waals surface area contributed by atoms with Gasteiger partial charge in [-0.3, -0.25) is 4.90 Å². The number of hydrogen-bond donors (Lipinski definition) is 2. The molecule has 0 bridgehead atoms. The minimum absolute atomic E-state index is 0.00859.